The van der Waals surface area contributed by atoms with E-state index >= 15 is 4.39 Å². The zero-order chi connectivity index (χ0) is 23.2. The highest BCUT2D eigenvalue weighted by Crippen LogP contribution is 2.49. The Morgan fingerprint density at radius 1 is 0.970 bits per heavy atom. The fraction of sp³-hybridized carbons (Fsp3) is 0.600. The van der Waals surface area contributed by atoms with Crippen LogP contribution in [-0.2, 0) is 0 Å². The first-order valence-corrected chi connectivity index (χ1v) is 13.3. The second-order valence-electron chi connectivity index (χ2n) is 10.4. The third-order valence-corrected chi connectivity index (χ3v) is 8.23. The summed E-state index contributed by atoms with van der Waals surface area (Å²) < 4.78 is 35.6. The highest BCUT2D eigenvalue weighted by molar-refractivity contribution is 5.85. The van der Waals surface area contributed by atoms with E-state index in [9.17, 15) is 4.39 Å². The number of hydrogen-bond donors (Lipinski definition) is 0. The van der Waals surface area contributed by atoms with E-state index in [-0.39, 0.29) is 17.5 Å². The van der Waals surface area contributed by atoms with Crippen LogP contribution in [-0.4, -0.2) is 6.61 Å². The lowest BCUT2D eigenvalue weighted by Crippen LogP contribution is -2.30. The summed E-state index contributed by atoms with van der Waals surface area (Å²) in [5.41, 5.74) is 0.782. The predicted molar refractivity (Wildman–Crippen MR) is 134 cm³/mol. The lowest BCUT2D eigenvalue weighted by Gasteiger charge is -2.42. The largest absolute Gasteiger partial charge is 0.486 e. The maximum Gasteiger partial charge on any atom is 0.165 e. The number of fused-ring (bicyclic) bond motifs is 2. The number of unbranched alkanes of at least 4 members (excludes halogenated alkanes) is 3. The molecular formula is C30H40F2O. The molecule has 2 unspecified atom stereocenters. The van der Waals surface area contributed by atoms with Crippen molar-refractivity contribution in [3.05, 3.63) is 53.6 Å². The van der Waals surface area contributed by atoms with Gasteiger partial charge < -0.3 is 4.74 Å². The summed E-state index contributed by atoms with van der Waals surface area (Å²) >= 11 is 0. The SMILES string of the molecule is C/C=C/COc1cc2ccc([C@@H]3CC[C@@H]4CC(CCCCCC)CCC4C3)c(F)c2cc1F. The molecular weight excluding hydrogens is 414 g/mol. The van der Waals surface area contributed by atoms with Crippen LogP contribution in [0.25, 0.3) is 10.8 Å². The van der Waals surface area contributed by atoms with E-state index in [4.69, 9.17) is 4.74 Å². The average molecular weight is 455 g/mol. The number of benzene rings is 2. The fourth-order valence-corrected chi connectivity index (χ4v) is 6.36. The molecule has 0 spiro atoms. The lowest BCUT2D eigenvalue weighted by atomic mass is 9.63. The van der Waals surface area contributed by atoms with Crippen LogP contribution in [0.2, 0.25) is 0 Å². The third kappa shape index (κ3) is 5.78. The van der Waals surface area contributed by atoms with Crippen LogP contribution in [0.15, 0.2) is 36.4 Å². The van der Waals surface area contributed by atoms with Gasteiger partial charge in [0.2, 0.25) is 0 Å². The first-order chi connectivity index (χ1) is 16.1. The van der Waals surface area contributed by atoms with Crippen molar-refractivity contribution in [1.82, 2.24) is 0 Å². The maximum absolute atomic E-state index is 15.5. The van der Waals surface area contributed by atoms with Gasteiger partial charge in [0, 0.05) is 5.39 Å². The summed E-state index contributed by atoms with van der Waals surface area (Å²) in [6, 6.07) is 6.82. The monoisotopic (exact) mass is 454 g/mol. The quantitative estimate of drug-likeness (QED) is 0.271. The summed E-state index contributed by atoms with van der Waals surface area (Å²) in [4.78, 5) is 0. The van der Waals surface area contributed by atoms with Crippen LogP contribution in [0.1, 0.15) is 96.0 Å². The van der Waals surface area contributed by atoms with Gasteiger partial charge in [-0.15, -0.1) is 0 Å². The second kappa shape index (κ2) is 11.5. The van der Waals surface area contributed by atoms with E-state index < -0.39 is 5.82 Å². The maximum atomic E-state index is 15.5. The highest BCUT2D eigenvalue weighted by atomic mass is 19.1. The third-order valence-electron chi connectivity index (χ3n) is 8.23. The molecule has 2 aliphatic rings. The number of hydrogen-bond acceptors (Lipinski definition) is 1. The number of ether oxygens (including phenoxy) is 1. The number of allylic oxidation sites excluding steroid dienone is 1. The molecule has 0 amide bonds. The average Bonchev–Trinajstić information content (AvgIpc) is 2.83. The van der Waals surface area contributed by atoms with E-state index in [1.165, 1.54) is 63.9 Å². The normalized spacial score (nSPS) is 25.5. The van der Waals surface area contributed by atoms with Crippen LogP contribution < -0.4 is 4.74 Å². The van der Waals surface area contributed by atoms with Crippen molar-refractivity contribution in [2.24, 2.45) is 17.8 Å². The van der Waals surface area contributed by atoms with E-state index in [1.807, 2.05) is 31.2 Å². The summed E-state index contributed by atoms with van der Waals surface area (Å²) in [6.45, 7) is 4.48. The minimum atomic E-state index is -0.496. The van der Waals surface area contributed by atoms with Crippen LogP contribution in [0.5, 0.6) is 5.75 Å². The van der Waals surface area contributed by atoms with Gasteiger partial charge in [-0.2, -0.15) is 0 Å². The molecule has 0 bridgehead atoms. The van der Waals surface area contributed by atoms with Crippen LogP contribution >= 0.6 is 0 Å². The first kappa shape index (κ1) is 24.2. The molecule has 2 saturated carbocycles. The Morgan fingerprint density at radius 3 is 2.61 bits per heavy atom. The molecule has 0 radical (unpaired) electrons. The molecule has 0 N–H and O–H groups in total. The van der Waals surface area contributed by atoms with Crippen molar-refractivity contribution in [2.45, 2.75) is 90.4 Å². The molecule has 2 aliphatic carbocycles. The van der Waals surface area contributed by atoms with Gasteiger partial charge >= 0.3 is 0 Å². The van der Waals surface area contributed by atoms with Crippen molar-refractivity contribution in [2.75, 3.05) is 6.61 Å². The Bertz CT molecular complexity index is 950. The van der Waals surface area contributed by atoms with Gasteiger partial charge in [0.15, 0.2) is 11.6 Å². The van der Waals surface area contributed by atoms with Crippen molar-refractivity contribution in [3.8, 4) is 5.75 Å². The van der Waals surface area contributed by atoms with Crippen molar-refractivity contribution >= 4 is 10.8 Å². The van der Waals surface area contributed by atoms with E-state index in [1.54, 1.807) is 6.07 Å². The minimum Gasteiger partial charge on any atom is -0.486 e. The zero-order valence-corrected chi connectivity index (χ0v) is 20.4. The van der Waals surface area contributed by atoms with Gasteiger partial charge in [-0.1, -0.05) is 69.7 Å². The molecule has 0 saturated heterocycles. The summed E-state index contributed by atoms with van der Waals surface area (Å²) in [6.07, 6.45) is 17.9. The van der Waals surface area contributed by atoms with Gasteiger partial charge in [-0.25, -0.2) is 8.78 Å². The Hall–Kier alpha value is -1.90. The molecule has 0 heterocycles. The number of rotatable bonds is 9. The Balaban J connectivity index is 1.42. The van der Waals surface area contributed by atoms with Gasteiger partial charge in [0.05, 0.1) is 0 Å². The summed E-state index contributed by atoms with van der Waals surface area (Å²) in [5.74, 6) is 2.16. The first-order valence-electron chi connectivity index (χ1n) is 13.3. The second-order valence-corrected chi connectivity index (χ2v) is 10.4. The molecule has 3 heteroatoms. The molecule has 33 heavy (non-hydrogen) atoms. The Labute approximate surface area is 198 Å². The smallest absolute Gasteiger partial charge is 0.165 e. The van der Waals surface area contributed by atoms with Gasteiger partial charge in [-0.05, 0) is 85.8 Å². The number of halogens is 2. The topological polar surface area (TPSA) is 9.23 Å². The molecule has 0 aromatic heterocycles. The van der Waals surface area contributed by atoms with E-state index in [0.29, 0.717) is 17.4 Å². The molecule has 2 fully saturated rings. The molecule has 1 nitrogen and oxygen atoms in total. The van der Waals surface area contributed by atoms with Crippen LogP contribution in [0.3, 0.4) is 0 Å². The molecule has 2 aromatic carbocycles. The van der Waals surface area contributed by atoms with Crippen molar-refractivity contribution in [3.63, 3.8) is 0 Å². The Morgan fingerprint density at radius 2 is 1.79 bits per heavy atom. The lowest BCUT2D eigenvalue weighted by molar-refractivity contribution is 0.112. The Kier molecular flexibility index (Phi) is 8.44. The van der Waals surface area contributed by atoms with Gasteiger partial charge in [-0.3, -0.25) is 0 Å². The van der Waals surface area contributed by atoms with Crippen molar-refractivity contribution < 1.29 is 13.5 Å². The molecule has 0 aliphatic heterocycles. The standard InChI is InChI=1S/C30H40F2O/c1-3-5-7-8-9-21-10-11-23-18-24(13-12-22(23)17-21)26-15-14-25-19-29(33-16-6-4-2)28(31)20-27(25)30(26)32/h4,6,14-15,19-24H,3,5,7-13,16-18H2,1-2H3/b6-4+/t21?,22-,23?,24-/m1/s1. The molecule has 4 rings (SSSR count). The van der Waals surface area contributed by atoms with Gasteiger partial charge in [0.25, 0.3) is 0 Å². The molecule has 4 atom stereocenters. The fourth-order valence-electron chi connectivity index (χ4n) is 6.36. The summed E-state index contributed by atoms with van der Waals surface area (Å²) in [7, 11) is 0. The molecule has 180 valence electrons. The predicted octanol–water partition coefficient (Wildman–Crippen LogP) is 9.34. The van der Waals surface area contributed by atoms with E-state index in [0.717, 1.165) is 36.2 Å². The van der Waals surface area contributed by atoms with E-state index in [2.05, 4.69) is 6.92 Å². The molecule has 2 aromatic rings. The highest BCUT2D eigenvalue weighted by Gasteiger charge is 2.36. The van der Waals surface area contributed by atoms with Crippen LogP contribution in [0.4, 0.5) is 8.78 Å². The van der Waals surface area contributed by atoms with Gasteiger partial charge in [0.1, 0.15) is 12.4 Å². The zero-order valence-electron chi connectivity index (χ0n) is 20.4. The van der Waals surface area contributed by atoms with Crippen LogP contribution in [0, 0.1) is 29.4 Å². The minimum absolute atomic E-state index is 0.180. The van der Waals surface area contributed by atoms with Crippen molar-refractivity contribution in [1.29, 1.82) is 0 Å². The summed E-state index contributed by atoms with van der Waals surface area (Å²) in [5, 5.41) is 1.08.